The molecule has 0 N–H and O–H groups in total. The van der Waals surface area contributed by atoms with Gasteiger partial charge in [-0.15, -0.1) is 0 Å². The van der Waals surface area contributed by atoms with E-state index in [9.17, 15) is 10.1 Å². The third kappa shape index (κ3) is 5.33. The maximum absolute atomic E-state index is 12.5. The third-order valence-corrected chi connectivity index (χ3v) is 5.38. The highest BCUT2D eigenvalue weighted by molar-refractivity contribution is 6.34. The Hall–Kier alpha value is -2.46. The molecule has 1 aliphatic heterocycles. The molecule has 1 atom stereocenters. The van der Waals surface area contributed by atoms with Crippen molar-refractivity contribution >= 4 is 29.1 Å². The summed E-state index contributed by atoms with van der Waals surface area (Å²) in [4.78, 5) is 16.3. The number of rotatable bonds is 6. The van der Waals surface area contributed by atoms with Crippen molar-refractivity contribution in [3.8, 4) is 17.6 Å². The highest BCUT2D eigenvalue weighted by Crippen LogP contribution is 2.28. The van der Waals surface area contributed by atoms with Crippen molar-refractivity contribution in [2.24, 2.45) is 0 Å². The van der Waals surface area contributed by atoms with Crippen molar-refractivity contribution in [3.63, 3.8) is 0 Å². The summed E-state index contributed by atoms with van der Waals surface area (Å²) in [6, 6.07) is 14.3. The van der Waals surface area contributed by atoms with E-state index in [-0.39, 0.29) is 18.6 Å². The molecule has 0 spiro atoms. The number of ether oxygens (including phenoxy) is 2. The normalized spacial score (nSPS) is 15.4. The molecule has 1 aliphatic rings. The maximum atomic E-state index is 12.5. The van der Waals surface area contributed by atoms with E-state index in [1.54, 1.807) is 30.2 Å². The Balaban J connectivity index is 1.54. The average molecular weight is 434 g/mol. The van der Waals surface area contributed by atoms with Crippen LogP contribution in [-0.2, 0) is 4.79 Å². The molecule has 0 bridgehead atoms. The number of methoxy groups -OCH3 is 1. The summed E-state index contributed by atoms with van der Waals surface area (Å²) in [6.07, 6.45) is 0. The zero-order valence-corrected chi connectivity index (χ0v) is 17.5. The van der Waals surface area contributed by atoms with E-state index in [0.717, 1.165) is 11.3 Å². The lowest BCUT2D eigenvalue weighted by molar-refractivity contribution is -0.135. The fourth-order valence-corrected chi connectivity index (χ4v) is 3.54. The highest BCUT2D eigenvalue weighted by atomic mass is 35.5. The quantitative estimate of drug-likeness (QED) is 0.692. The number of benzene rings is 2. The Labute approximate surface area is 180 Å². The molecule has 0 saturated carbocycles. The predicted octanol–water partition coefficient (Wildman–Crippen LogP) is 3.79. The molecule has 6 nitrogen and oxygen atoms in total. The van der Waals surface area contributed by atoms with E-state index in [1.165, 1.54) is 0 Å². The molecule has 0 radical (unpaired) electrons. The van der Waals surface area contributed by atoms with E-state index in [0.29, 0.717) is 42.0 Å². The zero-order valence-electron chi connectivity index (χ0n) is 16.0. The van der Waals surface area contributed by atoms with Crippen LogP contribution in [0.1, 0.15) is 11.6 Å². The van der Waals surface area contributed by atoms with Crippen molar-refractivity contribution in [1.29, 1.82) is 5.26 Å². The molecular weight excluding hydrogens is 413 g/mol. The van der Waals surface area contributed by atoms with Crippen LogP contribution >= 0.6 is 23.2 Å². The lowest BCUT2D eigenvalue weighted by atomic mass is 10.1. The highest BCUT2D eigenvalue weighted by Gasteiger charge is 2.27. The summed E-state index contributed by atoms with van der Waals surface area (Å²) < 4.78 is 10.7. The third-order valence-electron chi connectivity index (χ3n) is 4.83. The molecule has 29 heavy (non-hydrogen) atoms. The number of carbonyl (C=O) groups excluding carboxylic acids is 1. The Kier molecular flexibility index (Phi) is 7.21. The molecule has 0 aliphatic carbocycles. The van der Waals surface area contributed by atoms with Gasteiger partial charge in [-0.25, -0.2) is 0 Å². The molecule has 1 heterocycles. The Morgan fingerprint density at radius 1 is 1.14 bits per heavy atom. The van der Waals surface area contributed by atoms with Gasteiger partial charge in [0, 0.05) is 37.3 Å². The molecule has 152 valence electrons. The first-order valence-corrected chi connectivity index (χ1v) is 9.90. The summed E-state index contributed by atoms with van der Waals surface area (Å²) in [5, 5.41) is 10.5. The van der Waals surface area contributed by atoms with Gasteiger partial charge in [-0.2, -0.15) is 5.26 Å². The van der Waals surface area contributed by atoms with Crippen LogP contribution in [0.5, 0.6) is 11.5 Å². The summed E-state index contributed by atoms with van der Waals surface area (Å²) >= 11 is 12.0. The van der Waals surface area contributed by atoms with Crippen molar-refractivity contribution in [2.75, 3.05) is 39.9 Å². The standard InChI is InChI=1S/C21H21Cl2N3O3/c1-28-17-5-2-15(3-6-17)19(13-24)25-8-10-26(11-9-25)21(27)14-29-20-12-16(22)4-7-18(20)23/h2-7,12,19H,8-11,14H2,1H3. The second-order valence-corrected chi connectivity index (χ2v) is 7.43. The number of carbonyl (C=O) groups is 1. The monoisotopic (exact) mass is 433 g/mol. The van der Waals surface area contributed by atoms with Crippen LogP contribution in [0.3, 0.4) is 0 Å². The number of nitrogens with zero attached hydrogens (tertiary/aromatic N) is 3. The van der Waals surface area contributed by atoms with E-state index >= 15 is 0 Å². The van der Waals surface area contributed by atoms with Gasteiger partial charge < -0.3 is 14.4 Å². The fraction of sp³-hybridized carbons (Fsp3) is 0.333. The smallest absolute Gasteiger partial charge is 0.260 e. The number of hydrogen-bond donors (Lipinski definition) is 0. The minimum Gasteiger partial charge on any atom is -0.497 e. The molecule has 1 amide bonds. The van der Waals surface area contributed by atoms with E-state index in [1.807, 2.05) is 24.3 Å². The van der Waals surface area contributed by atoms with Gasteiger partial charge in [0.2, 0.25) is 0 Å². The first kappa shape index (κ1) is 21.3. The number of amides is 1. The molecule has 8 heteroatoms. The van der Waals surface area contributed by atoms with E-state index < -0.39 is 0 Å². The Bertz CT molecular complexity index is 891. The largest absolute Gasteiger partial charge is 0.497 e. The second-order valence-electron chi connectivity index (χ2n) is 6.58. The van der Waals surface area contributed by atoms with Gasteiger partial charge in [-0.3, -0.25) is 9.69 Å². The minimum atomic E-state index is -0.361. The average Bonchev–Trinajstić information content (AvgIpc) is 2.75. The lowest BCUT2D eigenvalue weighted by Gasteiger charge is -2.37. The van der Waals surface area contributed by atoms with Crippen LogP contribution in [0.4, 0.5) is 0 Å². The van der Waals surface area contributed by atoms with Gasteiger partial charge in [-0.1, -0.05) is 35.3 Å². The van der Waals surface area contributed by atoms with Crippen LogP contribution < -0.4 is 9.47 Å². The molecule has 1 unspecified atom stereocenters. The van der Waals surface area contributed by atoms with Gasteiger partial charge in [0.1, 0.15) is 17.5 Å². The van der Waals surface area contributed by atoms with Crippen molar-refractivity contribution < 1.29 is 14.3 Å². The molecule has 1 fully saturated rings. The SMILES string of the molecule is COc1ccc(C(C#N)N2CCN(C(=O)COc3cc(Cl)ccc3Cl)CC2)cc1. The van der Waals surface area contributed by atoms with E-state index in [4.69, 9.17) is 32.7 Å². The van der Waals surface area contributed by atoms with Gasteiger partial charge >= 0.3 is 0 Å². The summed E-state index contributed by atoms with van der Waals surface area (Å²) in [7, 11) is 1.61. The Morgan fingerprint density at radius 2 is 1.83 bits per heavy atom. The van der Waals surface area contributed by atoms with Crippen LogP contribution in [0.2, 0.25) is 10.0 Å². The first-order valence-electron chi connectivity index (χ1n) is 9.15. The van der Waals surface area contributed by atoms with Crippen LogP contribution in [0, 0.1) is 11.3 Å². The fourth-order valence-electron chi connectivity index (χ4n) is 3.20. The Morgan fingerprint density at radius 3 is 2.45 bits per heavy atom. The van der Waals surface area contributed by atoms with Crippen molar-refractivity contribution in [2.45, 2.75) is 6.04 Å². The minimum absolute atomic E-state index is 0.111. The first-order chi connectivity index (χ1) is 14.0. The van der Waals surface area contributed by atoms with Crippen molar-refractivity contribution in [3.05, 3.63) is 58.1 Å². The molecule has 2 aromatic carbocycles. The molecule has 0 aromatic heterocycles. The lowest BCUT2D eigenvalue weighted by Crippen LogP contribution is -2.50. The molecule has 2 aromatic rings. The van der Waals surface area contributed by atoms with Crippen LogP contribution in [0.25, 0.3) is 0 Å². The predicted molar refractivity (Wildman–Crippen MR) is 111 cm³/mol. The molecule has 1 saturated heterocycles. The topological polar surface area (TPSA) is 65.8 Å². The van der Waals surface area contributed by atoms with Gasteiger partial charge in [0.15, 0.2) is 6.61 Å². The molecule has 3 rings (SSSR count). The number of nitriles is 1. The van der Waals surface area contributed by atoms with Crippen LogP contribution in [0.15, 0.2) is 42.5 Å². The summed E-state index contributed by atoms with van der Waals surface area (Å²) in [5.74, 6) is 1.01. The number of hydrogen-bond acceptors (Lipinski definition) is 5. The van der Waals surface area contributed by atoms with Gasteiger partial charge in [0.25, 0.3) is 5.91 Å². The number of halogens is 2. The summed E-state index contributed by atoms with van der Waals surface area (Å²) in [5.41, 5.74) is 0.909. The number of piperazine rings is 1. The van der Waals surface area contributed by atoms with E-state index in [2.05, 4.69) is 11.0 Å². The van der Waals surface area contributed by atoms with Gasteiger partial charge in [0.05, 0.1) is 18.2 Å². The van der Waals surface area contributed by atoms with Crippen LogP contribution in [-0.4, -0.2) is 55.6 Å². The second kappa shape index (κ2) is 9.84. The van der Waals surface area contributed by atoms with Crippen molar-refractivity contribution in [1.82, 2.24) is 9.80 Å². The zero-order chi connectivity index (χ0) is 20.8. The maximum Gasteiger partial charge on any atom is 0.260 e. The summed E-state index contributed by atoms with van der Waals surface area (Å²) in [6.45, 7) is 2.15. The molecular formula is C21H21Cl2N3O3. The van der Waals surface area contributed by atoms with Gasteiger partial charge in [-0.05, 0) is 29.8 Å².